The second kappa shape index (κ2) is 7.52. The van der Waals surface area contributed by atoms with Crippen molar-refractivity contribution in [3.63, 3.8) is 0 Å². The first-order valence-electron chi connectivity index (χ1n) is 8.54. The minimum atomic E-state index is -1.83. The van der Waals surface area contributed by atoms with E-state index in [-0.39, 0.29) is 22.7 Å². The van der Waals surface area contributed by atoms with Gasteiger partial charge in [0.25, 0.3) is 0 Å². The summed E-state index contributed by atoms with van der Waals surface area (Å²) in [5, 5.41) is 3.55. The molecule has 0 bridgehead atoms. The van der Waals surface area contributed by atoms with Crippen molar-refractivity contribution in [3.8, 4) is 0 Å². The van der Waals surface area contributed by atoms with E-state index in [1.165, 1.54) is 12.1 Å². The van der Waals surface area contributed by atoms with Gasteiger partial charge in [-0.25, -0.2) is 8.78 Å². The highest BCUT2D eigenvalue weighted by Gasteiger charge is 2.40. The predicted molar refractivity (Wildman–Crippen MR) is 101 cm³/mol. The Labute approximate surface area is 153 Å². The number of nitrogens with one attached hydrogen (secondary N) is 1. The first-order valence-corrected chi connectivity index (χ1v) is 12.2. The van der Waals surface area contributed by atoms with E-state index in [2.05, 4.69) is 55.1 Å². The zero-order valence-electron chi connectivity index (χ0n) is 15.2. The quantitative estimate of drug-likeness (QED) is 0.658. The van der Waals surface area contributed by atoms with Crippen molar-refractivity contribution in [3.05, 3.63) is 33.8 Å². The van der Waals surface area contributed by atoms with Gasteiger partial charge in [0.05, 0.1) is 0 Å². The third-order valence-electron chi connectivity index (χ3n) is 5.27. The second-order valence-electron chi connectivity index (χ2n) is 8.23. The highest BCUT2D eigenvalue weighted by molar-refractivity contribution is 9.10. The van der Waals surface area contributed by atoms with Gasteiger partial charge in [0.2, 0.25) is 0 Å². The Kier molecular flexibility index (Phi) is 6.27. The molecule has 0 saturated carbocycles. The largest absolute Gasteiger partial charge is 0.414 e. The first-order chi connectivity index (χ1) is 11.0. The summed E-state index contributed by atoms with van der Waals surface area (Å²) in [5.41, 5.74) is 0.156. The van der Waals surface area contributed by atoms with Gasteiger partial charge in [0.1, 0.15) is 11.6 Å². The molecule has 1 saturated heterocycles. The van der Waals surface area contributed by atoms with Crippen LogP contribution in [0.1, 0.15) is 39.2 Å². The Balaban J connectivity index is 2.04. The molecular formula is C18H28BrF2NOSi. The van der Waals surface area contributed by atoms with Crippen LogP contribution in [0.4, 0.5) is 8.78 Å². The Bertz CT molecular complexity index is 566. The number of benzene rings is 1. The molecule has 1 fully saturated rings. The molecule has 0 aromatic heterocycles. The van der Waals surface area contributed by atoms with Crippen LogP contribution in [0.3, 0.4) is 0 Å². The minimum Gasteiger partial charge on any atom is -0.414 e. The average molecular weight is 420 g/mol. The van der Waals surface area contributed by atoms with Crippen molar-refractivity contribution in [1.82, 2.24) is 5.32 Å². The van der Waals surface area contributed by atoms with E-state index >= 15 is 0 Å². The van der Waals surface area contributed by atoms with Crippen molar-refractivity contribution in [2.75, 3.05) is 6.54 Å². The molecule has 0 aliphatic carbocycles. The Hall–Kier alpha value is -0.303. The monoisotopic (exact) mass is 419 g/mol. The molecular weight excluding hydrogens is 392 g/mol. The average Bonchev–Trinajstić information content (AvgIpc) is 2.41. The standard InChI is InChI=1S/C18H28BrF2NOSi/c1-18(2,3)24(4,5)23-14-6-7-22-13(10-14)11-15-16(20)8-12(19)9-17(15)21/h8-9,13-14,22H,6-7,10-11H2,1-5H3. The van der Waals surface area contributed by atoms with Gasteiger partial charge < -0.3 is 9.74 Å². The van der Waals surface area contributed by atoms with E-state index < -0.39 is 20.0 Å². The van der Waals surface area contributed by atoms with E-state index in [4.69, 9.17) is 4.43 Å². The van der Waals surface area contributed by atoms with Crippen molar-refractivity contribution < 1.29 is 13.2 Å². The smallest absolute Gasteiger partial charge is 0.192 e. The summed E-state index contributed by atoms with van der Waals surface area (Å²) in [7, 11) is -1.83. The normalized spacial score (nSPS) is 22.7. The van der Waals surface area contributed by atoms with Crippen LogP contribution in [-0.4, -0.2) is 27.0 Å². The fourth-order valence-electron chi connectivity index (χ4n) is 2.84. The molecule has 0 amide bonds. The second-order valence-corrected chi connectivity index (χ2v) is 13.9. The highest BCUT2D eigenvalue weighted by Crippen LogP contribution is 2.38. The van der Waals surface area contributed by atoms with E-state index in [1.54, 1.807) is 0 Å². The summed E-state index contributed by atoms with van der Waals surface area (Å²) in [4.78, 5) is 0. The lowest BCUT2D eigenvalue weighted by molar-refractivity contribution is 0.124. The number of hydrogen-bond acceptors (Lipinski definition) is 2. The van der Waals surface area contributed by atoms with Crippen LogP contribution in [0.5, 0.6) is 0 Å². The molecule has 0 spiro atoms. The SMILES string of the molecule is CC(C)(C)[Si](C)(C)OC1CCNC(Cc2c(F)cc(Br)cc2F)C1. The number of rotatable bonds is 4. The van der Waals surface area contributed by atoms with Gasteiger partial charge >= 0.3 is 0 Å². The maximum atomic E-state index is 14.1. The molecule has 0 radical (unpaired) electrons. The van der Waals surface area contributed by atoms with Crippen LogP contribution in [0.2, 0.25) is 18.1 Å². The summed E-state index contributed by atoms with van der Waals surface area (Å²) in [6, 6.07) is 2.69. The summed E-state index contributed by atoms with van der Waals surface area (Å²) in [6.45, 7) is 12.0. The van der Waals surface area contributed by atoms with E-state index in [9.17, 15) is 8.78 Å². The zero-order valence-corrected chi connectivity index (χ0v) is 17.8. The highest BCUT2D eigenvalue weighted by atomic mass is 79.9. The molecule has 1 heterocycles. The fraction of sp³-hybridized carbons (Fsp3) is 0.667. The van der Waals surface area contributed by atoms with Gasteiger partial charge in [-0.2, -0.15) is 0 Å². The van der Waals surface area contributed by atoms with Gasteiger partial charge in [0, 0.05) is 22.2 Å². The predicted octanol–water partition coefficient (Wildman–Crippen LogP) is 5.41. The topological polar surface area (TPSA) is 21.3 Å². The number of halogens is 3. The van der Waals surface area contributed by atoms with Crippen molar-refractivity contribution >= 4 is 24.2 Å². The van der Waals surface area contributed by atoms with Crippen LogP contribution in [0.15, 0.2) is 16.6 Å². The van der Waals surface area contributed by atoms with Gasteiger partial charge in [0.15, 0.2) is 8.32 Å². The van der Waals surface area contributed by atoms with Gasteiger partial charge in [-0.1, -0.05) is 36.7 Å². The molecule has 2 atom stereocenters. The molecule has 1 aliphatic rings. The lowest BCUT2D eigenvalue weighted by atomic mass is 9.95. The molecule has 2 nitrogen and oxygen atoms in total. The van der Waals surface area contributed by atoms with Crippen molar-refractivity contribution in [2.45, 2.75) is 70.3 Å². The van der Waals surface area contributed by atoms with Crippen molar-refractivity contribution in [2.24, 2.45) is 0 Å². The number of hydrogen-bond donors (Lipinski definition) is 1. The van der Waals surface area contributed by atoms with Crippen LogP contribution < -0.4 is 5.32 Å². The minimum absolute atomic E-state index is 0.0405. The molecule has 1 aromatic rings. The van der Waals surface area contributed by atoms with E-state index in [1.807, 2.05) is 0 Å². The molecule has 2 rings (SSSR count). The van der Waals surface area contributed by atoms with Gasteiger partial charge in [-0.3, -0.25) is 0 Å². The number of piperidine rings is 1. The lowest BCUT2D eigenvalue weighted by Crippen LogP contribution is -2.49. The Morgan fingerprint density at radius 3 is 2.38 bits per heavy atom. The maximum absolute atomic E-state index is 14.1. The summed E-state index contributed by atoms with van der Waals surface area (Å²) >= 11 is 3.12. The van der Waals surface area contributed by atoms with Crippen LogP contribution in [0, 0.1) is 11.6 Å². The van der Waals surface area contributed by atoms with E-state index in [0.29, 0.717) is 10.9 Å². The molecule has 24 heavy (non-hydrogen) atoms. The first kappa shape index (κ1) is 20.0. The fourth-order valence-corrected chi connectivity index (χ4v) is 4.64. The summed E-state index contributed by atoms with van der Waals surface area (Å²) in [5.74, 6) is -0.979. The van der Waals surface area contributed by atoms with Gasteiger partial charge in [-0.15, -0.1) is 0 Å². The third-order valence-corrected chi connectivity index (χ3v) is 10.3. The molecule has 1 N–H and O–H groups in total. The van der Waals surface area contributed by atoms with Gasteiger partial charge in [-0.05, 0) is 56.1 Å². The van der Waals surface area contributed by atoms with Crippen LogP contribution in [0.25, 0.3) is 0 Å². The Morgan fingerprint density at radius 2 is 1.83 bits per heavy atom. The van der Waals surface area contributed by atoms with Crippen molar-refractivity contribution in [1.29, 1.82) is 0 Å². The molecule has 6 heteroatoms. The Morgan fingerprint density at radius 1 is 1.25 bits per heavy atom. The van der Waals surface area contributed by atoms with Crippen LogP contribution in [-0.2, 0) is 10.8 Å². The molecule has 1 aliphatic heterocycles. The maximum Gasteiger partial charge on any atom is 0.192 e. The molecule has 2 unspecified atom stereocenters. The zero-order chi connectivity index (χ0) is 18.1. The van der Waals surface area contributed by atoms with Crippen LogP contribution >= 0.6 is 15.9 Å². The van der Waals surface area contributed by atoms with E-state index in [0.717, 1.165) is 19.4 Å². The lowest BCUT2D eigenvalue weighted by Gasteiger charge is -2.42. The summed E-state index contributed by atoms with van der Waals surface area (Å²) < 4.78 is 35.1. The summed E-state index contributed by atoms with van der Waals surface area (Å²) in [6.07, 6.45) is 2.26. The molecule has 1 aromatic carbocycles. The third kappa shape index (κ3) is 4.87. The molecule has 136 valence electrons.